The summed E-state index contributed by atoms with van der Waals surface area (Å²) < 4.78 is 4.97. The van der Waals surface area contributed by atoms with Crippen LogP contribution in [0.3, 0.4) is 0 Å². The first-order valence-electron chi connectivity index (χ1n) is 6.46. The second-order valence-corrected chi connectivity index (χ2v) is 4.41. The van der Waals surface area contributed by atoms with E-state index in [0.29, 0.717) is 19.3 Å². The normalized spacial score (nSPS) is 11.7. The Morgan fingerprint density at radius 1 is 1.29 bits per heavy atom. The summed E-state index contributed by atoms with van der Waals surface area (Å²) in [7, 11) is 0. The van der Waals surface area contributed by atoms with Gasteiger partial charge in [-0.2, -0.15) is 0 Å². The minimum atomic E-state index is -0.862. The first kappa shape index (κ1) is 16.7. The molecule has 8 nitrogen and oxygen atoms in total. The number of aromatic hydroxyl groups is 1. The maximum atomic E-state index is 11.6. The molecule has 8 heteroatoms. The smallest absolute Gasteiger partial charge is 0.323 e. The predicted molar refractivity (Wildman–Crippen MR) is 72.9 cm³/mol. The van der Waals surface area contributed by atoms with Crippen molar-refractivity contribution in [3.05, 3.63) is 39.9 Å². The molecule has 116 valence electrons. The van der Waals surface area contributed by atoms with E-state index in [0.717, 1.165) is 5.56 Å². The Labute approximate surface area is 121 Å². The van der Waals surface area contributed by atoms with E-state index >= 15 is 0 Å². The van der Waals surface area contributed by atoms with Crippen LogP contribution in [-0.4, -0.2) is 35.4 Å². The van der Waals surface area contributed by atoms with Gasteiger partial charge in [0.15, 0.2) is 0 Å². The van der Waals surface area contributed by atoms with Gasteiger partial charge < -0.3 is 20.4 Å². The number of nitrogens with zero attached hydrogens (tertiary/aromatic N) is 1. The largest absolute Gasteiger partial charge is 0.508 e. The van der Waals surface area contributed by atoms with Crippen LogP contribution in [0.25, 0.3) is 0 Å². The van der Waals surface area contributed by atoms with Crippen LogP contribution in [0.4, 0.5) is 0 Å². The SMILES string of the molecule is NC(Cc1ccc(O)cc1)C(=O)OCCCCO[N+](=O)[O-]. The second-order valence-electron chi connectivity index (χ2n) is 4.41. The Kier molecular flexibility index (Phi) is 6.96. The summed E-state index contributed by atoms with van der Waals surface area (Å²) in [5, 5.41) is 18.2. The fourth-order valence-electron chi connectivity index (χ4n) is 1.59. The molecule has 0 aromatic heterocycles. The van der Waals surface area contributed by atoms with Crippen molar-refractivity contribution in [2.45, 2.75) is 25.3 Å². The van der Waals surface area contributed by atoms with Crippen LogP contribution in [0.2, 0.25) is 0 Å². The van der Waals surface area contributed by atoms with E-state index in [9.17, 15) is 14.9 Å². The molecule has 0 radical (unpaired) electrons. The molecule has 0 spiro atoms. The number of rotatable bonds is 9. The summed E-state index contributed by atoms with van der Waals surface area (Å²) in [5.41, 5.74) is 6.53. The van der Waals surface area contributed by atoms with Crippen molar-refractivity contribution < 1.29 is 24.6 Å². The molecule has 0 bridgehead atoms. The molecule has 0 fully saturated rings. The summed E-state index contributed by atoms with van der Waals surface area (Å²) in [4.78, 5) is 25.6. The lowest BCUT2D eigenvalue weighted by molar-refractivity contribution is -0.757. The van der Waals surface area contributed by atoms with Gasteiger partial charge in [0, 0.05) is 0 Å². The number of carbonyl (C=O) groups is 1. The summed E-state index contributed by atoms with van der Waals surface area (Å²) in [6.07, 6.45) is 1.19. The zero-order chi connectivity index (χ0) is 15.7. The minimum Gasteiger partial charge on any atom is -0.508 e. The highest BCUT2D eigenvalue weighted by Gasteiger charge is 2.15. The van der Waals surface area contributed by atoms with Crippen LogP contribution in [0.15, 0.2) is 24.3 Å². The average molecular weight is 298 g/mol. The van der Waals surface area contributed by atoms with Crippen LogP contribution >= 0.6 is 0 Å². The molecule has 0 aliphatic carbocycles. The summed E-state index contributed by atoms with van der Waals surface area (Å²) in [6.45, 7) is 0.118. The quantitative estimate of drug-likeness (QED) is 0.299. The van der Waals surface area contributed by atoms with Gasteiger partial charge in [0.2, 0.25) is 0 Å². The number of phenolic OH excluding ortho intramolecular Hbond substituents is 1. The van der Waals surface area contributed by atoms with Gasteiger partial charge in [0.1, 0.15) is 11.8 Å². The molecule has 0 saturated heterocycles. The number of ether oxygens (including phenoxy) is 1. The highest BCUT2D eigenvalue weighted by Crippen LogP contribution is 2.11. The number of nitrogens with two attached hydrogens (primary N) is 1. The first-order chi connectivity index (χ1) is 9.99. The average Bonchev–Trinajstić information content (AvgIpc) is 2.44. The third-order valence-corrected chi connectivity index (χ3v) is 2.67. The Bertz CT molecular complexity index is 462. The molecule has 0 aliphatic heterocycles. The van der Waals surface area contributed by atoms with Crippen molar-refractivity contribution in [1.82, 2.24) is 0 Å². The molecule has 3 N–H and O–H groups in total. The van der Waals surface area contributed by atoms with E-state index in [2.05, 4.69) is 4.84 Å². The van der Waals surface area contributed by atoms with Crippen molar-refractivity contribution in [2.24, 2.45) is 5.73 Å². The van der Waals surface area contributed by atoms with E-state index in [-0.39, 0.29) is 19.0 Å². The molecule has 1 atom stereocenters. The van der Waals surface area contributed by atoms with Gasteiger partial charge >= 0.3 is 5.97 Å². The molecule has 0 heterocycles. The summed E-state index contributed by atoms with van der Waals surface area (Å²) in [5.74, 6) is -0.384. The van der Waals surface area contributed by atoms with Crippen molar-refractivity contribution in [1.29, 1.82) is 0 Å². The van der Waals surface area contributed by atoms with Gasteiger partial charge in [-0.05, 0) is 37.0 Å². The van der Waals surface area contributed by atoms with Gasteiger partial charge in [-0.15, -0.1) is 10.1 Å². The summed E-state index contributed by atoms with van der Waals surface area (Å²) in [6, 6.07) is 5.60. The number of hydrogen-bond acceptors (Lipinski definition) is 7. The van der Waals surface area contributed by atoms with E-state index in [1.165, 1.54) is 12.1 Å². The van der Waals surface area contributed by atoms with Crippen molar-refractivity contribution >= 4 is 5.97 Å². The Hall–Kier alpha value is -2.35. The molecule has 0 aliphatic rings. The van der Waals surface area contributed by atoms with Gasteiger partial charge in [0.25, 0.3) is 5.09 Å². The fraction of sp³-hybridized carbons (Fsp3) is 0.462. The molecular formula is C13H18N2O6. The maximum Gasteiger partial charge on any atom is 0.323 e. The van der Waals surface area contributed by atoms with Crippen molar-refractivity contribution in [3.8, 4) is 5.75 Å². The third-order valence-electron chi connectivity index (χ3n) is 2.67. The molecule has 0 amide bonds. The number of unbranched alkanes of at least 4 members (excludes halogenated alkanes) is 1. The summed E-state index contributed by atoms with van der Waals surface area (Å²) >= 11 is 0. The molecule has 1 aromatic carbocycles. The fourth-order valence-corrected chi connectivity index (χ4v) is 1.59. The number of esters is 1. The van der Waals surface area contributed by atoms with Crippen LogP contribution in [0, 0.1) is 10.1 Å². The minimum absolute atomic E-state index is 0.0237. The standard InChI is InChI=1S/C13H18N2O6/c14-12(9-10-3-5-11(16)6-4-10)13(17)20-7-1-2-8-21-15(18)19/h3-6,12,16H,1-2,7-9,14H2. The van der Waals surface area contributed by atoms with Crippen LogP contribution in [-0.2, 0) is 20.8 Å². The number of carbonyl (C=O) groups excluding carboxylic acids is 1. The zero-order valence-electron chi connectivity index (χ0n) is 11.4. The van der Waals surface area contributed by atoms with Gasteiger partial charge in [-0.3, -0.25) is 4.79 Å². The van der Waals surface area contributed by atoms with Crippen molar-refractivity contribution in [3.63, 3.8) is 0 Å². The highest BCUT2D eigenvalue weighted by molar-refractivity contribution is 5.75. The Balaban J connectivity index is 2.19. The van der Waals surface area contributed by atoms with Crippen LogP contribution in [0.1, 0.15) is 18.4 Å². The lowest BCUT2D eigenvalue weighted by Crippen LogP contribution is -2.34. The maximum absolute atomic E-state index is 11.6. The van der Waals surface area contributed by atoms with Gasteiger partial charge in [-0.25, -0.2) is 0 Å². The molecule has 1 aromatic rings. The van der Waals surface area contributed by atoms with E-state index in [1.807, 2.05) is 0 Å². The molecule has 1 rings (SSSR count). The molecule has 0 saturated carbocycles. The molecular weight excluding hydrogens is 280 g/mol. The lowest BCUT2D eigenvalue weighted by Gasteiger charge is -2.11. The topological polar surface area (TPSA) is 125 Å². The van der Waals surface area contributed by atoms with E-state index < -0.39 is 17.1 Å². The van der Waals surface area contributed by atoms with Crippen LogP contribution < -0.4 is 5.73 Å². The molecule has 1 unspecified atom stereocenters. The number of benzene rings is 1. The third kappa shape index (κ3) is 7.11. The highest BCUT2D eigenvalue weighted by atomic mass is 16.9. The zero-order valence-corrected chi connectivity index (χ0v) is 11.4. The predicted octanol–water partition coefficient (Wildman–Crippen LogP) is 0.794. The lowest BCUT2D eigenvalue weighted by atomic mass is 10.1. The Morgan fingerprint density at radius 2 is 1.90 bits per heavy atom. The van der Waals surface area contributed by atoms with E-state index in [4.69, 9.17) is 15.6 Å². The Morgan fingerprint density at radius 3 is 2.52 bits per heavy atom. The second kappa shape index (κ2) is 8.75. The van der Waals surface area contributed by atoms with E-state index in [1.54, 1.807) is 12.1 Å². The number of hydrogen-bond donors (Lipinski definition) is 2. The number of phenols is 1. The van der Waals surface area contributed by atoms with Gasteiger partial charge in [0.05, 0.1) is 13.2 Å². The molecule has 21 heavy (non-hydrogen) atoms. The van der Waals surface area contributed by atoms with Gasteiger partial charge in [-0.1, -0.05) is 12.1 Å². The van der Waals surface area contributed by atoms with Crippen molar-refractivity contribution in [2.75, 3.05) is 13.2 Å². The first-order valence-corrected chi connectivity index (χ1v) is 6.46. The van der Waals surface area contributed by atoms with Crippen LogP contribution in [0.5, 0.6) is 5.75 Å². The monoisotopic (exact) mass is 298 g/mol.